The largest absolute Gasteiger partial charge is 0.460 e. The average Bonchev–Trinajstić information content (AvgIpc) is 1.77. The van der Waals surface area contributed by atoms with Crippen molar-refractivity contribution in [2.75, 3.05) is 26.2 Å². The topological polar surface area (TPSA) is 332 Å². The summed E-state index contributed by atoms with van der Waals surface area (Å²) in [5, 5.41) is 31.0. The number of aliphatic hydroxyl groups excluding tert-OH is 3. The van der Waals surface area contributed by atoms with E-state index in [1.165, 1.54) is 18.3 Å². The standard InChI is InChI=1S/C27H32N4O7.C27H34N4O6.C26H32N4O5/c1-28-12-10-21-23(28)25(34)31(27(36)29(21)2)16-37-22(32)11-13-30-18-8-9-19(30)15-20(14-18)38-26(35)24(33)17-6-4-3-5-7-17;1-28-13-11-22-23(28)25(33)31(27(35)29(22)2)17-36-14-6-12-30-19-9-10-20(30)16-21(15-19)37-26(34)24(32)18-7-4-3-5-8-18;1-27-14-11-21-22(27)24(32)30(26(34)28(21)2)13-6-12-29-18-9-10-19(29)16-20(15-18)35-25(33)23(31)17-7-4-3-5-8-17/h3-7,10,12,18-20,24,33H,8-9,11,13-16H2,1-2H3;3-5,7-8,11,13,19-21,24,32H,6,9-10,12,14-17H2,1-2H3;3-5,7-8,11,14,18-20,23,31H,6,9-10,12-13,15-16H2,1-2H3/t18-,19?,20?,24?;19-,20?,21?,24?;18-,19?,20?,23?/m111/s1. The van der Waals surface area contributed by atoms with Crippen LogP contribution >= 0.6 is 0 Å². The van der Waals surface area contributed by atoms with Gasteiger partial charge >= 0.3 is 40.9 Å². The number of benzene rings is 3. The number of piperidine rings is 3. The zero-order valence-corrected chi connectivity index (χ0v) is 62.9. The lowest BCUT2D eigenvalue weighted by Crippen LogP contribution is -2.47. The molecule has 30 nitrogen and oxygen atoms in total. The van der Waals surface area contributed by atoms with Crippen molar-refractivity contribution >= 4 is 57.0 Å². The Morgan fingerprint density at radius 1 is 0.391 bits per heavy atom. The molecule has 6 aliphatic heterocycles. The Morgan fingerprint density at radius 2 is 0.700 bits per heavy atom. The highest BCUT2D eigenvalue weighted by molar-refractivity contribution is 5.79. The minimum absolute atomic E-state index is 0.0821. The molecular formula is C80H98N12O18. The fraction of sp³-hybridized carbons (Fsp3) is 0.500. The molecule has 110 heavy (non-hydrogen) atoms. The molecule has 586 valence electrons. The van der Waals surface area contributed by atoms with E-state index in [9.17, 15) is 63.3 Å². The zero-order chi connectivity index (χ0) is 77.8. The summed E-state index contributed by atoms with van der Waals surface area (Å²) >= 11 is 0. The minimum atomic E-state index is -1.31. The van der Waals surface area contributed by atoms with Crippen molar-refractivity contribution < 1.29 is 58.2 Å². The van der Waals surface area contributed by atoms with Crippen molar-refractivity contribution in [1.29, 1.82) is 0 Å². The van der Waals surface area contributed by atoms with Crippen LogP contribution in [0.2, 0.25) is 0 Å². The Hall–Kier alpha value is -10.1. The number of nitrogens with zero attached hydrogens (tertiary/aromatic N) is 12. The Labute approximate surface area is 632 Å². The number of aliphatic hydroxyl groups is 3. The molecule has 6 aromatic heterocycles. The number of esters is 4. The van der Waals surface area contributed by atoms with Crippen molar-refractivity contribution in [3.63, 3.8) is 0 Å². The molecule has 12 heterocycles. The number of carbonyl (C=O) groups excluding carboxylic acids is 4. The maximum atomic E-state index is 13.0. The molecule has 6 saturated heterocycles. The maximum Gasteiger partial charge on any atom is 0.339 e. The Bertz CT molecular complexity index is 5150. The summed E-state index contributed by atoms with van der Waals surface area (Å²) < 4.78 is 40.9. The van der Waals surface area contributed by atoms with Crippen LogP contribution in [0.3, 0.4) is 0 Å². The van der Waals surface area contributed by atoms with Gasteiger partial charge in [-0.05, 0) is 86.3 Å². The van der Waals surface area contributed by atoms with E-state index in [-0.39, 0.29) is 60.4 Å². The maximum absolute atomic E-state index is 13.0. The van der Waals surface area contributed by atoms with E-state index < -0.39 is 65.9 Å². The highest BCUT2D eigenvalue weighted by atomic mass is 16.6. The molecule has 15 rings (SSSR count). The van der Waals surface area contributed by atoms with Crippen molar-refractivity contribution in [2.45, 2.75) is 189 Å². The van der Waals surface area contributed by atoms with E-state index in [4.69, 9.17) is 23.7 Å². The number of rotatable bonds is 24. The number of aryl methyl sites for hydroxylation is 6. The first kappa shape index (κ1) is 78.1. The van der Waals surface area contributed by atoms with Crippen LogP contribution in [-0.4, -0.2) is 176 Å². The first-order valence-electron chi connectivity index (χ1n) is 38.0. The average molecular weight is 1520 g/mol. The van der Waals surface area contributed by atoms with Gasteiger partial charge in [0.15, 0.2) is 25.0 Å². The Morgan fingerprint density at radius 3 is 1.05 bits per heavy atom. The number of hydrogen-bond donors (Lipinski definition) is 3. The van der Waals surface area contributed by atoms with Crippen LogP contribution in [0.1, 0.15) is 131 Å². The molecule has 6 bridgehead atoms. The summed E-state index contributed by atoms with van der Waals surface area (Å²) in [6.07, 6.45) is 12.7. The third-order valence-corrected chi connectivity index (χ3v) is 23.2. The summed E-state index contributed by atoms with van der Waals surface area (Å²) in [7, 11) is 10.2. The lowest BCUT2D eigenvalue weighted by Gasteiger charge is -2.38. The number of aromatic nitrogens is 9. The van der Waals surface area contributed by atoms with Crippen LogP contribution in [0, 0.1) is 0 Å². The summed E-state index contributed by atoms with van der Waals surface area (Å²) in [5.74, 6) is -2.33. The van der Waals surface area contributed by atoms with E-state index in [1.807, 2.05) is 25.2 Å². The van der Waals surface area contributed by atoms with Crippen molar-refractivity contribution in [1.82, 2.24) is 55.8 Å². The molecule has 0 radical (unpaired) electrons. The molecule has 0 saturated carbocycles. The van der Waals surface area contributed by atoms with Gasteiger partial charge in [-0.15, -0.1) is 0 Å². The monoisotopic (exact) mass is 1510 g/mol. The smallest absolute Gasteiger partial charge is 0.339 e. The SMILES string of the molecule is Cn1ccc2c1c(=O)n(CCCN1C3CC[C@@H]1CC(OC(=O)C(O)c1ccccc1)C3)c(=O)n2C.Cn1ccc2c1c(=O)n(COC(=O)CCN1C3CC[C@@H]1CC(OC(=O)C(O)c1ccccc1)C3)c(=O)n2C.Cn1ccc2c1c(=O)n(COCCCN1C3CC[C@@H]1CC(OC(=O)C(O)c1ccccc1)C3)c(=O)n2C. The molecule has 0 aliphatic carbocycles. The predicted octanol–water partition coefficient (Wildman–Crippen LogP) is 4.58. The first-order chi connectivity index (χ1) is 52.9. The van der Waals surface area contributed by atoms with Gasteiger partial charge in [-0.25, -0.2) is 37.9 Å². The molecule has 6 fully saturated rings. The van der Waals surface area contributed by atoms with Gasteiger partial charge in [0.1, 0.15) is 41.6 Å². The molecule has 9 unspecified atom stereocenters. The molecule has 0 spiro atoms. The van der Waals surface area contributed by atoms with E-state index in [0.717, 1.165) is 92.9 Å². The van der Waals surface area contributed by atoms with Crippen molar-refractivity contribution in [2.24, 2.45) is 42.3 Å². The molecular weight excluding hydrogens is 1420 g/mol. The first-order valence-corrected chi connectivity index (χ1v) is 38.0. The number of carbonyl (C=O) groups is 4. The highest BCUT2D eigenvalue weighted by Crippen LogP contribution is 2.40. The fourth-order valence-electron chi connectivity index (χ4n) is 17.5. The van der Waals surface area contributed by atoms with Gasteiger partial charge in [0.2, 0.25) is 0 Å². The molecule has 12 atom stereocenters. The molecule has 3 aromatic carbocycles. The fourth-order valence-corrected chi connectivity index (χ4v) is 17.5. The van der Waals surface area contributed by atoms with E-state index in [1.54, 1.807) is 159 Å². The summed E-state index contributed by atoms with van der Waals surface area (Å²) in [5.41, 5.74) is 2.37. The molecule has 9 aromatic rings. The Kier molecular flexibility index (Phi) is 24.2. The third kappa shape index (κ3) is 16.5. The highest BCUT2D eigenvalue weighted by Gasteiger charge is 2.45. The number of fused-ring (bicyclic) bond motifs is 9. The van der Waals surface area contributed by atoms with Crippen LogP contribution in [0.25, 0.3) is 33.1 Å². The number of hydrogen-bond acceptors (Lipinski definition) is 21. The second-order valence-electron chi connectivity index (χ2n) is 30.0. The van der Waals surface area contributed by atoms with E-state index in [2.05, 4.69) is 14.7 Å². The zero-order valence-electron chi connectivity index (χ0n) is 62.9. The molecule has 30 heteroatoms. The molecule has 3 N–H and O–H groups in total. The van der Waals surface area contributed by atoms with Gasteiger partial charge in [-0.3, -0.25) is 52.1 Å². The molecule has 6 aliphatic rings. The van der Waals surface area contributed by atoms with Gasteiger partial charge in [-0.1, -0.05) is 91.0 Å². The van der Waals surface area contributed by atoms with Crippen LogP contribution in [0.4, 0.5) is 0 Å². The summed E-state index contributed by atoms with van der Waals surface area (Å²) in [4.78, 5) is 134. The normalized spacial score (nSPS) is 22.4. The van der Waals surface area contributed by atoms with E-state index >= 15 is 0 Å². The van der Waals surface area contributed by atoms with Crippen LogP contribution < -0.4 is 33.7 Å². The minimum Gasteiger partial charge on any atom is -0.460 e. The van der Waals surface area contributed by atoms with Gasteiger partial charge in [0.05, 0.1) is 29.6 Å². The second kappa shape index (κ2) is 34.0. The molecule has 0 amide bonds. The number of ether oxygens (including phenoxy) is 5. The lowest BCUT2D eigenvalue weighted by molar-refractivity contribution is -0.164. The quantitative estimate of drug-likeness (QED) is 0.0423. The Balaban J connectivity index is 0.000000145. The third-order valence-electron chi connectivity index (χ3n) is 23.2. The second-order valence-corrected chi connectivity index (χ2v) is 30.0. The summed E-state index contributed by atoms with van der Waals surface area (Å²) in [6, 6.07) is 33.2. The predicted molar refractivity (Wildman–Crippen MR) is 405 cm³/mol. The van der Waals surface area contributed by atoms with E-state index in [0.29, 0.717) is 113 Å². The summed E-state index contributed by atoms with van der Waals surface area (Å²) in [6.45, 7) is 2.37. The van der Waals surface area contributed by atoms with Crippen LogP contribution in [-0.2, 0) is 105 Å². The van der Waals surface area contributed by atoms with Crippen molar-refractivity contribution in [3.8, 4) is 0 Å². The lowest BCUT2D eigenvalue weighted by atomic mass is 9.99. The van der Waals surface area contributed by atoms with Crippen LogP contribution in [0.15, 0.2) is 157 Å². The van der Waals surface area contributed by atoms with Gasteiger partial charge < -0.3 is 52.7 Å². The van der Waals surface area contributed by atoms with Crippen LogP contribution in [0.5, 0.6) is 0 Å². The van der Waals surface area contributed by atoms with Crippen molar-refractivity contribution in [3.05, 3.63) is 207 Å². The van der Waals surface area contributed by atoms with Gasteiger partial charge in [0.25, 0.3) is 16.7 Å². The van der Waals surface area contributed by atoms with Gasteiger partial charge in [0, 0.05) is 162 Å². The van der Waals surface area contributed by atoms with Gasteiger partial charge in [-0.2, -0.15) is 0 Å².